The third-order valence-corrected chi connectivity index (χ3v) is 14.8. The molecule has 0 aliphatic heterocycles. The second-order valence-corrected chi connectivity index (χ2v) is 26.0. The van der Waals surface area contributed by atoms with Gasteiger partial charge in [0, 0.05) is 5.57 Å². The number of carbonyl (C=O) groups is 1. The molecule has 0 radical (unpaired) electrons. The van der Waals surface area contributed by atoms with Gasteiger partial charge in [0.1, 0.15) is 0 Å². The normalized spacial score (nSPS) is 15.4. The molecule has 0 aromatic carbocycles. The van der Waals surface area contributed by atoms with E-state index in [1.54, 1.807) is 0 Å². The minimum absolute atomic E-state index is 0.103. The average molecular weight is 395 g/mol. The summed E-state index contributed by atoms with van der Waals surface area (Å²) in [5.41, 5.74) is -0.364. The van der Waals surface area contributed by atoms with Crippen molar-refractivity contribution in [2.75, 3.05) is 0 Å². The molecule has 0 amide bonds. The van der Waals surface area contributed by atoms with Crippen molar-refractivity contribution in [1.29, 1.82) is 0 Å². The van der Waals surface area contributed by atoms with Gasteiger partial charge in [0.2, 0.25) is 0 Å². The van der Waals surface area contributed by atoms with E-state index < -0.39 is 45.3 Å². The molecular weight excluding hydrogens is 360 g/mol. The zero-order valence-corrected chi connectivity index (χ0v) is 20.4. The zero-order valence-electron chi connectivity index (χ0n) is 16.4. The second-order valence-electron chi connectivity index (χ2n) is 8.80. The van der Waals surface area contributed by atoms with Crippen LogP contribution in [0.4, 0.5) is 0 Å². The molecule has 0 bridgehead atoms. The molecule has 1 unspecified atom stereocenters. The largest absolute Gasteiger partial charge is 0.478 e. The Morgan fingerprint density at radius 3 is 1.26 bits per heavy atom. The van der Waals surface area contributed by atoms with Crippen LogP contribution in [0.25, 0.3) is 0 Å². The van der Waals surface area contributed by atoms with Gasteiger partial charge in [0.05, 0.1) is 5.54 Å². The van der Waals surface area contributed by atoms with E-state index in [4.69, 9.17) is 12.3 Å². The van der Waals surface area contributed by atoms with E-state index in [0.29, 0.717) is 0 Å². The fourth-order valence-electron chi connectivity index (χ4n) is 2.01. The van der Waals surface area contributed by atoms with Gasteiger partial charge in [0.15, 0.2) is 25.0 Å². The van der Waals surface area contributed by atoms with Crippen LogP contribution < -0.4 is 0 Å². The summed E-state index contributed by atoms with van der Waals surface area (Å²) in [6.45, 7) is 24.3. The van der Waals surface area contributed by atoms with Crippen LogP contribution in [0.5, 0.6) is 0 Å². The van der Waals surface area contributed by atoms with Crippen molar-refractivity contribution < 1.29 is 22.2 Å². The fourth-order valence-corrected chi connectivity index (χ4v) is 16.5. The molecule has 0 fully saturated rings. The van der Waals surface area contributed by atoms with Gasteiger partial charge < -0.3 is 17.5 Å². The number of carboxylic acids is 1. The number of aliphatic carboxylic acids is 1. The third-order valence-electron chi connectivity index (χ3n) is 2.67. The maximum absolute atomic E-state index is 11.5. The molecule has 0 rings (SSSR count). The van der Waals surface area contributed by atoms with E-state index in [0.717, 1.165) is 0 Å². The van der Waals surface area contributed by atoms with E-state index >= 15 is 0 Å². The summed E-state index contributed by atoms with van der Waals surface area (Å²) >= 11 is 0. The van der Waals surface area contributed by atoms with Crippen molar-refractivity contribution in [3.8, 4) is 0 Å². The Morgan fingerprint density at radius 1 is 0.826 bits per heavy atom. The lowest BCUT2D eigenvalue weighted by Crippen LogP contribution is -2.63. The highest BCUT2D eigenvalue weighted by atomic mass is 28.5. The predicted molar refractivity (Wildman–Crippen MR) is 105 cm³/mol. The Kier molecular flexibility index (Phi) is 7.45. The van der Waals surface area contributed by atoms with Gasteiger partial charge in [-0.15, -0.1) is 0 Å². The summed E-state index contributed by atoms with van der Waals surface area (Å²) < 4.78 is 19.5. The molecule has 1 atom stereocenters. The van der Waals surface area contributed by atoms with Crippen LogP contribution in [0, 0.1) is 0 Å². The van der Waals surface area contributed by atoms with Crippen molar-refractivity contribution in [3.63, 3.8) is 0 Å². The lowest BCUT2D eigenvalue weighted by Gasteiger charge is -2.45. The molecule has 0 aliphatic carbocycles. The van der Waals surface area contributed by atoms with Crippen molar-refractivity contribution in [1.82, 2.24) is 0 Å². The van der Waals surface area contributed by atoms with Crippen molar-refractivity contribution in [3.05, 3.63) is 12.2 Å². The molecule has 0 aromatic heterocycles. The number of rotatable bonds is 9. The molecule has 136 valence electrons. The van der Waals surface area contributed by atoms with Crippen molar-refractivity contribution in [2.45, 2.75) is 71.4 Å². The molecule has 23 heavy (non-hydrogen) atoms. The van der Waals surface area contributed by atoms with Gasteiger partial charge in [-0.3, -0.25) is 0 Å². The van der Waals surface area contributed by atoms with Crippen LogP contribution in [0.2, 0.25) is 64.5 Å². The standard InChI is InChI=1S/C14H34O5Si4/c1-12(14(15)16)13(2)23(17-20(3,4)5,18-21(6,7)8)19-22(9,10)11/h13H,1H2,2-11H3,(H,15,16). The summed E-state index contributed by atoms with van der Waals surface area (Å²) in [6, 6.07) is 0. The molecule has 0 aromatic rings. The van der Waals surface area contributed by atoms with Crippen LogP contribution in [0.3, 0.4) is 0 Å². The van der Waals surface area contributed by atoms with Crippen molar-refractivity contribution >= 4 is 39.7 Å². The maximum Gasteiger partial charge on any atom is 0.477 e. The Morgan fingerprint density at radius 2 is 1.09 bits per heavy atom. The smallest absolute Gasteiger partial charge is 0.477 e. The average Bonchev–Trinajstić information content (AvgIpc) is 2.18. The number of carboxylic acid groups (broad SMARTS) is 1. The second kappa shape index (κ2) is 7.46. The van der Waals surface area contributed by atoms with Gasteiger partial charge >= 0.3 is 14.8 Å². The molecule has 0 aliphatic rings. The molecule has 0 saturated carbocycles. The highest BCUT2D eigenvalue weighted by Crippen LogP contribution is 2.38. The van der Waals surface area contributed by atoms with E-state index in [-0.39, 0.29) is 5.57 Å². The van der Waals surface area contributed by atoms with E-state index in [1.807, 2.05) is 6.92 Å². The van der Waals surface area contributed by atoms with Gasteiger partial charge in [-0.2, -0.15) is 0 Å². The van der Waals surface area contributed by atoms with Gasteiger partial charge in [-0.05, 0) is 58.9 Å². The van der Waals surface area contributed by atoms with E-state index in [1.165, 1.54) is 0 Å². The lowest BCUT2D eigenvalue weighted by molar-refractivity contribution is -0.132. The molecule has 1 N–H and O–H groups in total. The monoisotopic (exact) mass is 394 g/mol. The molecule has 9 heteroatoms. The van der Waals surface area contributed by atoms with E-state index in [2.05, 4.69) is 65.5 Å². The first-order chi connectivity index (χ1) is 9.89. The predicted octanol–water partition coefficient (Wildman–Crippen LogP) is 4.51. The van der Waals surface area contributed by atoms with Gasteiger partial charge in [0.25, 0.3) is 0 Å². The van der Waals surface area contributed by atoms with Crippen LogP contribution in [0.15, 0.2) is 12.2 Å². The molecule has 0 spiro atoms. The summed E-state index contributed by atoms with van der Waals surface area (Å²) in [7, 11) is -9.27. The molecule has 0 saturated heterocycles. The SMILES string of the molecule is C=C(C(=O)O)C(C)[Si](O[Si](C)(C)C)(O[Si](C)(C)C)O[Si](C)(C)C. The summed E-state index contributed by atoms with van der Waals surface area (Å²) in [4.78, 5) is 11.5. The Hall–Kier alpha value is -0.0425. The maximum atomic E-state index is 11.5. The van der Waals surface area contributed by atoms with Crippen LogP contribution in [-0.2, 0) is 17.1 Å². The molecular formula is C14H34O5Si4. The highest BCUT2D eigenvalue weighted by molar-refractivity contribution is 6.90. The first-order valence-corrected chi connectivity index (χ1v) is 19.9. The zero-order chi connectivity index (χ0) is 18.9. The van der Waals surface area contributed by atoms with Gasteiger partial charge in [-0.25, -0.2) is 4.79 Å². The third kappa shape index (κ3) is 8.56. The van der Waals surface area contributed by atoms with Crippen LogP contribution in [0.1, 0.15) is 6.92 Å². The van der Waals surface area contributed by atoms with Crippen LogP contribution >= 0.6 is 0 Å². The summed E-state index contributed by atoms with van der Waals surface area (Å²) in [5.74, 6) is -1.02. The quantitative estimate of drug-likeness (QED) is 0.460. The summed E-state index contributed by atoms with van der Waals surface area (Å²) in [5, 5.41) is 9.40. The molecule has 5 nitrogen and oxygen atoms in total. The van der Waals surface area contributed by atoms with Crippen LogP contribution in [-0.4, -0.2) is 44.8 Å². The first kappa shape index (κ1) is 23.0. The Labute approximate surface area is 145 Å². The minimum atomic E-state index is -3.23. The summed E-state index contributed by atoms with van der Waals surface area (Å²) in [6.07, 6.45) is 0. The van der Waals surface area contributed by atoms with E-state index in [9.17, 15) is 9.90 Å². The topological polar surface area (TPSA) is 65.0 Å². The van der Waals surface area contributed by atoms with Crippen molar-refractivity contribution in [2.24, 2.45) is 0 Å². The number of hydrogen-bond donors (Lipinski definition) is 1. The highest BCUT2D eigenvalue weighted by Gasteiger charge is 2.55. The number of hydrogen-bond acceptors (Lipinski definition) is 4. The first-order valence-electron chi connectivity index (χ1n) is 7.91. The Bertz CT molecular complexity index is 405. The van der Waals surface area contributed by atoms with Gasteiger partial charge in [-0.1, -0.05) is 13.5 Å². The fraction of sp³-hybridized carbons (Fsp3) is 0.786. The Balaban J connectivity index is 6.11. The molecule has 0 heterocycles. The lowest BCUT2D eigenvalue weighted by atomic mass is 10.2. The minimum Gasteiger partial charge on any atom is -0.478 e.